The molecule has 4 aromatic rings. The molecule has 1 N–H and O–H groups in total. The van der Waals surface area contributed by atoms with Gasteiger partial charge in [0.15, 0.2) is 0 Å². The van der Waals surface area contributed by atoms with Gasteiger partial charge in [-0.15, -0.1) is 0 Å². The normalized spacial score (nSPS) is 13.5. The maximum atomic E-state index is 13.1. The average molecular weight is 527 g/mol. The fraction of sp³-hybridized carbons (Fsp3) is 0.294. The van der Waals surface area contributed by atoms with E-state index in [1.54, 1.807) is 0 Å². The Bertz CT molecular complexity index is 1250. The summed E-state index contributed by atoms with van der Waals surface area (Å²) in [6.45, 7) is 9.90. The van der Waals surface area contributed by atoms with Crippen LogP contribution >= 0.6 is 0 Å². The number of aryl methyl sites for hydroxylation is 2. The molecule has 0 bridgehead atoms. The predicted molar refractivity (Wildman–Crippen MR) is 158 cm³/mol. The molecule has 0 amide bonds. The van der Waals surface area contributed by atoms with E-state index in [1.165, 1.54) is 68.0 Å². The third kappa shape index (κ3) is 9.77. The zero-order chi connectivity index (χ0) is 27.3. The first-order chi connectivity index (χ1) is 19.0. The molecule has 0 saturated carbocycles. The lowest BCUT2D eigenvalue weighted by Gasteiger charge is -2.33. The van der Waals surface area contributed by atoms with Crippen molar-refractivity contribution in [2.75, 3.05) is 31.1 Å². The zero-order valence-corrected chi connectivity index (χ0v) is 23.0. The van der Waals surface area contributed by atoms with Gasteiger partial charge in [-0.2, -0.15) is 0 Å². The highest BCUT2D eigenvalue weighted by atomic mass is 19.1. The van der Waals surface area contributed by atoms with E-state index in [0.29, 0.717) is 19.0 Å². The van der Waals surface area contributed by atoms with Crippen LogP contribution in [-0.2, 0) is 13.2 Å². The molecule has 0 atom stereocenters. The molecule has 0 aliphatic carbocycles. The number of anilines is 1. The molecule has 2 fully saturated rings. The summed E-state index contributed by atoms with van der Waals surface area (Å²) in [4.78, 5) is 2.39. The molecule has 2 heterocycles. The summed E-state index contributed by atoms with van der Waals surface area (Å²) >= 11 is 0. The number of hydrogen-bond acceptors (Lipinski definition) is 4. The van der Waals surface area contributed by atoms with Gasteiger partial charge >= 0.3 is 0 Å². The lowest BCUT2D eigenvalue weighted by atomic mass is 10.1. The molecule has 39 heavy (non-hydrogen) atoms. The van der Waals surface area contributed by atoms with E-state index in [2.05, 4.69) is 47.5 Å². The summed E-state index contributed by atoms with van der Waals surface area (Å²) in [5, 5.41) is 3.11. The van der Waals surface area contributed by atoms with Crippen molar-refractivity contribution in [1.29, 1.82) is 0 Å². The Morgan fingerprint density at radius 2 is 1.15 bits per heavy atom. The van der Waals surface area contributed by atoms with Crippen LogP contribution in [0.4, 0.5) is 10.1 Å². The highest BCUT2D eigenvalue weighted by Gasteiger charge is 2.15. The molecule has 2 aliphatic heterocycles. The minimum absolute atomic E-state index is 0.261. The molecule has 4 nitrogen and oxygen atoms in total. The number of nitrogens with one attached hydrogen (secondary N) is 1. The molecule has 4 aromatic carbocycles. The standard InChI is InChI=1S/C17H19NO.C14H13FO.C3H7N/c1-14-10-16(18-8-5-9-18)12-17(11-14)19-13-15-6-3-2-4-7-15;1-11-7-13(15)9-14(8-11)16-10-12-5-3-2-4-6-12;1-2-4-3-1/h2-4,6-7,10-12H,5,8-9,13H2,1H3;2-9H,10H2,1H3;4H,1-3H2. The first-order valence-corrected chi connectivity index (χ1v) is 13.7. The van der Waals surface area contributed by atoms with Gasteiger partial charge in [0, 0.05) is 30.9 Å². The number of rotatable bonds is 7. The first-order valence-electron chi connectivity index (χ1n) is 13.7. The van der Waals surface area contributed by atoms with Crippen LogP contribution in [0, 0.1) is 19.7 Å². The quantitative estimate of drug-likeness (QED) is 0.271. The van der Waals surface area contributed by atoms with Gasteiger partial charge in [-0.05, 0) is 86.3 Å². The summed E-state index contributed by atoms with van der Waals surface area (Å²) in [7, 11) is 0. The first kappa shape index (κ1) is 28.2. The second-order valence-electron chi connectivity index (χ2n) is 9.96. The number of halogens is 1. The molecule has 204 valence electrons. The lowest BCUT2D eigenvalue weighted by molar-refractivity contribution is 0.304. The topological polar surface area (TPSA) is 33.7 Å². The largest absolute Gasteiger partial charge is 0.489 e. The van der Waals surface area contributed by atoms with Gasteiger partial charge in [-0.25, -0.2) is 4.39 Å². The third-order valence-electron chi connectivity index (χ3n) is 6.48. The molecular formula is C34H39FN2O2. The Morgan fingerprint density at radius 1 is 0.667 bits per heavy atom. The number of benzene rings is 4. The van der Waals surface area contributed by atoms with Crippen LogP contribution in [0.15, 0.2) is 97.1 Å². The van der Waals surface area contributed by atoms with E-state index >= 15 is 0 Å². The minimum Gasteiger partial charge on any atom is -0.489 e. The number of hydrogen-bond donors (Lipinski definition) is 1. The fourth-order valence-electron chi connectivity index (χ4n) is 4.01. The second-order valence-corrected chi connectivity index (χ2v) is 9.96. The van der Waals surface area contributed by atoms with Gasteiger partial charge in [0.05, 0.1) is 0 Å². The van der Waals surface area contributed by atoms with Crippen LogP contribution in [0.1, 0.15) is 35.1 Å². The van der Waals surface area contributed by atoms with Crippen LogP contribution in [0.3, 0.4) is 0 Å². The molecule has 0 spiro atoms. The minimum atomic E-state index is -0.261. The van der Waals surface area contributed by atoms with Crippen molar-refractivity contribution in [2.24, 2.45) is 0 Å². The van der Waals surface area contributed by atoms with E-state index in [4.69, 9.17) is 9.47 Å². The van der Waals surface area contributed by atoms with Crippen LogP contribution < -0.4 is 19.7 Å². The molecule has 2 saturated heterocycles. The van der Waals surface area contributed by atoms with E-state index in [1.807, 2.05) is 61.5 Å². The summed E-state index contributed by atoms with van der Waals surface area (Å²) in [5.74, 6) is 1.27. The van der Waals surface area contributed by atoms with Gasteiger partial charge in [-0.1, -0.05) is 60.7 Å². The van der Waals surface area contributed by atoms with Crippen molar-refractivity contribution in [1.82, 2.24) is 5.32 Å². The van der Waals surface area contributed by atoms with Crippen LogP contribution in [-0.4, -0.2) is 26.2 Å². The van der Waals surface area contributed by atoms with Gasteiger partial charge in [0.2, 0.25) is 0 Å². The van der Waals surface area contributed by atoms with Gasteiger partial charge in [0.1, 0.15) is 30.5 Å². The summed E-state index contributed by atoms with van der Waals surface area (Å²) in [6, 6.07) is 31.3. The van der Waals surface area contributed by atoms with Crippen molar-refractivity contribution in [3.8, 4) is 11.5 Å². The van der Waals surface area contributed by atoms with Crippen molar-refractivity contribution >= 4 is 5.69 Å². The SMILES string of the molecule is C1CNC1.Cc1cc(F)cc(OCc2ccccc2)c1.Cc1cc(OCc2ccccc2)cc(N2CCC2)c1. The Labute approximate surface area is 232 Å². The highest BCUT2D eigenvalue weighted by Crippen LogP contribution is 2.27. The van der Waals surface area contributed by atoms with Gasteiger partial charge in [-0.3, -0.25) is 0 Å². The van der Waals surface area contributed by atoms with Crippen LogP contribution in [0.25, 0.3) is 0 Å². The Balaban J connectivity index is 0.000000160. The lowest BCUT2D eigenvalue weighted by Crippen LogP contribution is -2.36. The van der Waals surface area contributed by atoms with Crippen molar-refractivity contribution in [3.05, 3.63) is 125 Å². The Hall–Kier alpha value is -3.83. The predicted octanol–water partition coefficient (Wildman–Crippen LogP) is 7.48. The maximum Gasteiger partial charge on any atom is 0.127 e. The smallest absolute Gasteiger partial charge is 0.127 e. The zero-order valence-electron chi connectivity index (χ0n) is 23.0. The fourth-order valence-corrected chi connectivity index (χ4v) is 4.01. The highest BCUT2D eigenvalue weighted by molar-refractivity contribution is 5.54. The van der Waals surface area contributed by atoms with Crippen LogP contribution in [0.2, 0.25) is 0 Å². The van der Waals surface area contributed by atoms with Crippen molar-refractivity contribution in [3.63, 3.8) is 0 Å². The second kappa shape index (κ2) is 14.9. The number of nitrogens with zero attached hydrogens (tertiary/aromatic N) is 1. The molecule has 0 aromatic heterocycles. The van der Waals surface area contributed by atoms with Crippen molar-refractivity contribution < 1.29 is 13.9 Å². The van der Waals surface area contributed by atoms with E-state index in [9.17, 15) is 4.39 Å². The van der Waals surface area contributed by atoms with Crippen molar-refractivity contribution in [2.45, 2.75) is 39.9 Å². The molecule has 0 unspecified atom stereocenters. The Kier molecular flexibility index (Phi) is 10.8. The van der Waals surface area contributed by atoms with E-state index < -0.39 is 0 Å². The third-order valence-corrected chi connectivity index (χ3v) is 6.48. The van der Waals surface area contributed by atoms with Crippen LogP contribution in [0.5, 0.6) is 11.5 Å². The monoisotopic (exact) mass is 526 g/mol. The molecule has 5 heteroatoms. The molecule has 0 radical (unpaired) electrons. The number of ether oxygens (including phenoxy) is 2. The van der Waals surface area contributed by atoms with E-state index in [-0.39, 0.29) is 5.82 Å². The Morgan fingerprint density at radius 3 is 1.59 bits per heavy atom. The van der Waals surface area contributed by atoms with Gasteiger partial charge in [0.25, 0.3) is 0 Å². The van der Waals surface area contributed by atoms with E-state index in [0.717, 1.165) is 16.9 Å². The molecular weight excluding hydrogens is 487 g/mol. The maximum absolute atomic E-state index is 13.1. The van der Waals surface area contributed by atoms with Gasteiger partial charge < -0.3 is 19.7 Å². The summed E-state index contributed by atoms with van der Waals surface area (Å²) in [6.07, 6.45) is 2.69. The molecule has 2 aliphatic rings. The average Bonchev–Trinajstić information content (AvgIpc) is 2.85. The summed E-state index contributed by atoms with van der Waals surface area (Å²) < 4.78 is 24.5. The molecule has 6 rings (SSSR count). The summed E-state index contributed by atoms with van der Waals surface area (Å²) in [5.41, 5.74) is 5.68.